The van der Waals surface area contributed by atoms with Crippen molar-refractivity contribution in [2.24, 2.45) is 0 Å². The number of ether oxygens (including phenoxy) is 1. The summed E-state index contributed by atoms with van der Waals surface area (Å²) in [6.07, 6.45) is 1.53. The highest BCUT2D eigenvalue weighted by Gasteiger charge is 2.17. The second-order valence-electron chi connectivity index (χ2n) is 4.59. The summed E-state index contributed by atoms with van der Waals surface area (Å²) in [7, 11) is 1.44. The topological polar surface area (TPSA) is 29.5 Å². The molecule has 18 heavy (non-hydrogen) atoms. The molecule has 3 nitrogen and oxygen atoms in total. The standard InChI is InChI=1S/C15H23NO2/c1-4-10-16(13(2)11-15(17)18-3)12-14-8-6-5-7-9-14/h5-9,13H,4,10-12H2,1-3H3. The molecule has 0 heterocycles. The Morgan fingerprint density at radius 2 is 2.00 bits per heavy atom. The Kier molecular flexibility index (Phi) is 6.44. The molecule has 0 saturated carbocycles. The van der Waals surface area contributed by atoms with Crippen LogP contribution in [0.5, 0.6) is 0 Å². The van der Waals surface area contributed by atoms with Crippen LogP contribution >= 0.6 is 0 Å². The minimum atomic E-state index is -0.142. The van der Waals surface area contributed by atoms with Gasteiger partial charge in [0.1, 0.15) is 0 Å². The van der Waals surface area contributed by atoms with Crippen LogP contribution in [-0.2, 0) is 16.1 Å². The van der Waals surface area contributed by atoms with Crippen molar-refractivity contribution in [2.45, 2.75) is 39.3 Å². The molecule has 100 valence electrons. The Balaban J connectivity index is 2.61. The quantitative estimate of drug-likeness (QED) is 0.696. The van der Waals surface area contributed by atoms with Gasteiger partial charge in [0.2, 0.25) is 0 Å². The third kappa shape index (κ3) is 4.88. The van der Waals surface area contributed by atoms with E-state index in [9.17, 15) is 4.79 Å². The number of carbonyl (C=O) groups is 1. The van der Waals surface area contributed by atoms with E-state index in [0.29, 0.717) is 6.42 Å². The average molecular weight is 249 g/mol. The van der Waals surface area contributed by atoms with Crippen LogP contribution < -0.4 is 0 Å². The molecule has 0 radical (unpaired) electrons. The third-order valence-corrected chi connectivity index (χ3v) is 3.05. The molecule has 0 aliphatic heterocycles. The fourth-order valence-corrected chi connectivity index (χ4v) is 2.01. The molecule has 0 fully saturated rings. The highest BCUT2D eigenvalue weighted by molar-refractivity contribution is 5.69. The summed E-state index contributed by atoms with van der Waals surface area (Å²) in [6, 6.07) is 10.6. The van der Waals surface area contributed by atoms with E-state index in [-0.39, 0.29) is 12.0 Å². The fourth-order valence-electron chi connectivity index (χ4n) is 2.01. The van der Waals surface area contributed by atoms with E-state index in [1.54, 1.807) is 0 Å². The molecule has 0 aromatic heterocycles. The van der Waals surface area contributed by atoms with Gasteiger partial charge in [-0.25, -0.2) is 0 Å². The van der Waals surface area contributed by atoms with Crippen LogP contribution in [0, 0.1) is 0 Å². The number of esters is 1. The lowest BCUT2D eigenvalue weighted by Gasteiger charge is -2.28. The summed E-state index contributed by atoms with van der Waals surface area (Å²) in [5.41, 5.74) is 1.28. The molecule has 1 rings (SSSR count). The Labute approximate surface area is 110 Å². The lowest BCUT2D eigenvalue weighted by molar-refractivity contribution is -0.142. The maximum atomic E-state index is 11.3. The normalized spacial score (nSPS) is 12.4. The van der Waals surface area contributed by atoms with Crippen LogP contribution in [0.4, 0.5) is 0 Å². The van der Waals surface area contributed by atoms with Gasteiger partial charge in [-0.15, -0.1) is 0 Å². The maximum Gasteiger partial charge on any atom is 0.307 e. The van der Waals surface area contributed by atoms with E-state index < -0.39 is 0 Å². The van der Waals surface area contributed by atoms with Crippen molar-refractivity contribution in [3.8, 4) is 0 Å². The molecular formula is C15H23NO2. The van der Waals surface area contributed by atoms with E-state index >= 15 is 0 Å². The molecule has 1 aromatic rings. The minimum Gasteiger partial charge on any atom is -0.469 e. The van der Waals surface area contributed by atoms with Gasteiger partial charge in [-0.1, -0.05) is 37.3 Å². The number of hydrogen-bond donors (Lipinski definition) is 0. The molecule has 1 atom stereocenters. The SMILES string of the molecule is CCCN(Cc1ccccc1)C(C)CC(=O)OC. The van der Waals surface area contributed by atoms with E-state index in [4.69, 9.17) is 4.74 Å². The average Bonchev–Trinajstić information content (AvgIpc) is 2.39. The second-order valence-corrected chi connectivity index (χ2v) is 4.59. The number of hydrogen-bond acceptors (Lipinski definition) is 3. The van der Waals surface area contributed by atoms with Crippen molar-refractivity contribution in [3.63, 3.8) is 0 Å². The van der Waals surface area contributed by atoms with Gasteiger partial charge >= 0.3 is 5.97 Å². The molecule has 0 N–H and O–H groups in total. The third-order valence-electron chi connectivity index (χ3n) is 3.05. The Morgan fingerprint density at radius 1 is 1.33 bits per heavy atom. The van der Waals surface area contributed by atoms with Crippen LogP contribution in [-0.4, -0.2) is 30.6 Å². The van der Waals surface area contributed by atoms with Crippen molar-refractivity contribution in [2.75, 3.05) is 13.7 Å². The minimum absolute atomic E-state index is 0.142. The van der Waals surface area contributed by atoms with Gasteiger partial charge in [0.05, 0.1) is 13.5 Å². The van der Waals surface area contributed by atoms with Gasteiger partial charge in [-0.2, -0.15) is 0 Å². The van der Waals surface area contributed by atoms with Gasteiger partial charge in [0, 0.05) is 12.6 Å². The monoisotopic (exact) mass is 249 g/mol. The van der Waals surface area contributed by atoms with Gasteiger partial charge < -0.3 is 4.74 Å². The van der Waals surface area contributed by atoms with E-state index in [1.807, 2.05) is 18.2 Å². The fraction of sp³-hybridized carbons (Fsp3) is 0.533. The molecule has 0 aliphatic carbocycles. The van der Waals surface area contributed by atoms with Crippen LogP contribution in [0.3, 0.4) is 0 Å². The number of carbonyl (C=O) groups excluding carboxylic acids is 1. The van der Waals surface area contributed by atoms with Crippen molar-refractivity contribution in [1.29, 1.82) is 0 Å². The zero-order valence-electron chi connectivity index (χ0n) is 11.6. The van der Waals surface area contributed by atoms with Gasteiger partial charge in [0.25, 0.3) is 0 Å². The van der Waals surface area contributed by atoms with E-state index in [1.165, 1.54) is 12.7 Å². The molecule has 0 amide bonds. The first kappa shape index (κ1) is 14.7. The molecule has 0 saturated heterocycles. The number of methoxy groups -OCH3 is 1. The summed E-state index contributed by atoms with van der Waals surface area (Å²) in [5.74, 6) is -0.142. The predicted octanol–water partition coefficient (Wildman–Crippen LogP) is 2.85. The number of benzene rings is 1. The predicted molar refractivity (Wildman–Crippen MR) is 73.2 cm³/mol. The summed E-state index contributed by atoms with van der Waals surface area (Å²) >= 11 is 0. The van der Waals surface area contributed by atoms with Crippen molar-refractivity contribution in [3.05, 3.63) is 35.9 Å². The lowest BCUT2D eigenvalue weighted by Crippen LogP contribution is -2.35. The zero-order chi connectivity index (χ0) is 13.4. The molecule has 3 heteroatoms. The van der Waals surface area contributed by atoms with Gasteiger partial charge in [0.15, 0.2) is 0 Å². The van der Waals surface area contributed by atoms with Crippen molar-refractivity contribution >= 4 is 5.97 Å². The molecule has 1 aromatic carbocycles. The van der Waals surface area contributed by atoms with Crippen LogP contribution in [0.2, 0.25) is 0 Å². The molecule has 0 bridgehead atoms. The Hall–Kier alpha value is -1.35. The first-order valence-electron chi connectivity index (χ1n) is 6.52. The maximum absolute atomic E-state index is 11.3. The summed E-state index contributed by atoms with van der Waals surface area (Å²) in [5, 5.41) is 0. The first-order chi connectivity index (χ1) is 8.67. The van der Waals surface area contributed by atoms with Crippen molar-refractivity contribution in [1.82, 2.24) is 4.90 Å². The number of rotatable bonds is 7. The zero-order valence-corrected chi connectivity index (χ0v) is 11.6. The van der Waals surface area contributed by atoms with Crippen LogP contribution in [0.15, 0.2) is 30.3 Å². The van der Waals surface area contributed by atoms with E-state index in [0.717, 1.165) is 19.5 Å². The van der Waals surface area contributed by atoms with Gasteiger partial charge in [-0.3, -0.25) is 9.69 Å². The van der Waals surface area contributed by atoms with Crippen molar-refractivity contribution < 1.29 is 9.53 Å². The highest BCUT2D eigenvalue weighted by Crippen LogP contribution is 2.11. The molecule has 0 spiro atoms. The highest BCUT2D eigenvalue weighted by atomic mass is 16.5. The Morgan fingerprint density at radius 3 is 2.56 bits per heavy atom. The molecule has 1 unspecified atom stereocenters. The smallest absolute Gasteiger partial charge is 0.307 e. The molecule has 0 aliphatic rings. The Bertz CT molecular complexity index is 351. The number of nitrogens with zero attached hydrogens (tertiary/aromatic N) is 1. The first-order valence-corrected chi connectivity index (χ1v) is 6.52. The lowest BCUT2D eigenvalue weighted by atomic mass is 10.1. The van der Waals surface area contributed by atoms with Crippen LogP contribution in [0.1, 0.15) is 32.3 Å². The summed E-state index contributed by atoms with van der Waals surface area (Å²) in [6.45, 7) is 6.11. The van der Waals surface area contributed by atoms with Gasteiger partial charge in [-0.05, 0) is 25.5 Å². The van der Waals surface area contributed by atoms with Crippen LogP contribution in [0.25, 0.3) is 0 Å². The second kappa shape index (κ2) is 7.88. The summed E-state index contributed by atoms with van der Waals surface area (Å²) < 4.78 is 4.73. The summed E-state index contributed by atoms with van der Waals surface area (Å²) in [4.78, 5) is 13.7. The van der Waals surface area contributed by atoms with E-state index in [2.05, 4.69) is 30.9 Å². The molecular weight excluding hydrogens is 226 g/mol. The largest absolute Gasteiger partial charge is 0.469 e.